The molecule has 0 amide bonds. The standard InChI is InChI=1S/C15H17FN2/c1-18(2)14-8-6-11(7-9-14)15(17)12-4-3-5-13(16)10-12/h3-10,15H,17H2,1-2H3. The van der Waals surface area contributed by atoms with E-state index in [9.17, 15) is 4.39 Å². The summed E-state index contributed by atoms with van der Waals surface area (Å²) < 4.78 is 13.2. The van der Waals surface area contributed by atoms with Crippen LogP contribution in [0.4, 0.5) is 10.1 Å². The van der Waals surface area contributed by atoms with Crippen LogP contribution in [-0.2, 0) is 0 Å². The number of nitrogens with two attached hydrogens (primary N) is 1. The minimum atomic E-state index is -0.295. The van der Waals surface area contributed by atoms with Gasteiger partial charge >= 0.3 is 0 Å². The number of benzene rings is 2. The lowest BCUT2D eigenvalue weighted by Gasteiger charge is -2.16. The fourth-order valence-corrected chi connectivity index (χ4v) is 1.87. The van der Waals surface area contributed by atoms with Crippen molar-refractivity contribution in [2.24, 2.45) is 5.73 Å². The van der Waals surface area contributed by atoms with Crippen LogP contribution in [0.2, 0.25) is 0 Å². The Kier molecular flexibility index (Phi) is 3.63. The van der Waals surface area contributed by atoms with Crippen molar-refractivity contribution in [2.45, 2.75) is 6.04 Å². The Balaban J connectivity index is 2.26. The van der Waals surface area contributed by atoms with Crippen molar-refractivity contribution in [1.82, 2.24) is 0 Å². The molecule has 3 heteroatoms. The zero-order valence-corrected chi connectivity index (χ0v) is 10.6. The van der Waals surface area contributed by atoms with Crippen molar-refractivity contribution in [3.05, 3.63) is 65.5 Å². The Bertz CT molecular complexity index is 520. The van der Waals surface area contributed by atoms with Gasteiger partial charge in [-0.25, -0.2) is 4.39 Å². The lowest BCUT2D eigenvalue weighted by Crippen LogP contribution is -2.13. The third kappa shape index (κ3) is 2.68. The van der Waals surface area contributed by atoms with Gasteiger partial charge in [-0.2, -0.15) is 0 Å². The molecule has 0 spiro atoms. The highest BCUT2D eigenvalue weighted by Crippen LogP contribution is 2.22. The molecule has 1 unspecified atom stereocenters. The number of nitrogens with zero attached hydrogens (tertiary/aromatic N) is 1. The van der Waals surface area contributed by atoms with E-state index < -0.39 is 0 Å². The van der Waals surface area contributed by atoms with Crippen molar-refractivity contribution in [3.63, 3.8) is 0 Å². The molecular weight excluding hydrogens is 227 g/mol. The van der Waals surface area contributed by atoms with Crippen molar-refractivity contribution < 1.29 is 4.39 Å². The van der Waals surface area contributed by atoms with Crippen LogP contribution in [0.5, 0.6) is 0 Å². The zero-order chi connectivity index (χ0) is 13.1. The van der Waals surface area contributed by atoms with Gasteiger partial charge in [0.1, 0.15) is 5.82 Å². The summed E-state index contributed by atoms with van der Waals surface area (Å²) in [5.74, 6) is -0.257. The Morgan fingerprint density at radius 2 is 1.67 bits per heavy atom. The van der Waals surface area contributed by atoms with Crippen molar-refractivity contribution >= 4 is 5.69 Å². The van der Waals surface area contributed by atoms with Crippen LogP contribution >= 0.6 is 0 Å². The van der Waals surface area contributed by atoms with Gasteiger partial charge in [-0.3, -0.25) is 0 Å². The minimum Gasteiger partial charge on any atom is -0.378 e. The Hall–Kier alpha value is -1.87. The van der Waals surface area contributed by atoms with E-state index >= 15 is 0 Å². The van der Waals surface area contributed by atoms with Crippen molar-refractivity contribution in [3.8, 4) is 0 Å². The van der Waals surface area contributed by atoms with E-state index in [1.807, 2.05) is 49.3 Å². The first-order valence-electron chi connectivity index (χ1n) is 5.86. The van der Waals surface area contributed by atoms with Gasteiger partial charge in [-0.05, 0) is 35.4 Å². The lowest BCUT2D eigenvalue weighted by molar-refractivity contribution is 0.623. The zero-order valence-electron chi connectivity index (χ0n) is 10.6. The molecule has 0 bridgehead atoms. The second-order valence-electron chi connectivity index (χ2n) is 4.52. The minimum absolute atomic E-state index is 0.257. The first kappa shape index (κ1) is 12.6. The SMILES string of the molecule is CN(C)c1ccc(C(N)c2cccc(F)c2)cc1. The van der Waals surface area contributed by atoms with E-state index in [1.165, 1.54) is 12.1 Å². The fraction of sp³-hybridized carbons (Fsp3) is 0.200. The van der Waals surface area contributed by atoms with Gasteiger partial charge < -0.3 is 10.6 Å². The van der Waals surface area contributed by atoms with Crippen LogP contribution in [0, 0.1) is 5.82 Å². The molecule has 0 saturated carbocycles. The molecule has 1 atom stereocenters. The maximum atomic E-state index is 13.2. The number of halogens is 1. The van der Waals surface area contributed by atoms with E-state index in [1.54, 1.807) is 6.07 Å². The molecule has 0 aliphatic heterocycles. The molecular formula is C15H17FN2. The van der Waals surface area contributed by atoms with E-state index in [2.05, 4.69) is 0 Å². The first-order chi connectivity index (χ1) is 8.58. The van der Waals surface area contributed by atoms with Gasteiger partial charge in [0, 0.05) is 19.8 Å². The van der Waals surface area contributed by atoms with Gasteiger partial charge in [-0.1, -0.05) is 24.3 Å². The number of rotatable bonds is 3. The summed E-state index contributed by atoms with van der Waals surface area (Å²) in [6.45, 7) is 0. The van der Waals surface area contributed by atoms with Crippen molar-refractivity contribution in [1.29, 1.82) is 0 Å². The molecule has 0 radical (unpaired) electrons. The molecule has 0 fully saturated rings. The first-order valence-corrected chi connectivity index (χ1v) is 5.86. The maximum absolute atomic E-state index is 13.2. The molecule has 0 heterocycles. The van der Waals surface area contributed by atoms with E-state index in [0.29, 0.717) is 0 Å². The molecule has 0 saturated heterocycles. The highest BCUT2D eigenvalue weighted by atomic mass is 19.1. The summed E-state index contributed by atoms with van der Waals surface area (Å²) in [6, 6.07) is 14.1. The van der Waals surface area contributed by atoms with Crippen LogP contribution in [0.25, 0.3) is 0 Å². The molecule has 2 N–H and O–H groups in total. The third-order valence-corrected chi connectivity index (χ3v) is 2.98. The number of hydrogen-bond acceptors (Lipinski definition) is 2. The van der Waals surface area contributed by atoms with Gasteiger partial charge in [0.25, 0.3) is 0 Å². The average Bonchev–Trinajstić information content (AvgIpc) is 2.38. The average molecular weight is 244 g/mol. The second kappa shape index (κ2) is 5.19. The maximum Gasteiger partial charge on any atom is 0.123 e. The molecule has 2 nitrogen and oxygen atoms in total. The Labute approximate surface area is 107 Å². The highest BCUT2D eigenvalue weighted by molar-refractivity contribution is 5.47. The van der Waals surface area contributed by atoms with Crippen LogP contribution in [-0.4, -0.2) is 14.1 Å². The third-order valence-electron chi connectivity index (χ3n) is 2.98. The largest absolute Gasteiger partial charge is 0.378 e. The summed E-state index contributed by atoms with van der Waals surface area (Å²) in [5, 5.41) is 0. The molecule has 2 aromatic rings. The fourth-order valence-electron chi connectivity index (χ4n) is 1.87. The molecule has 2 aromatic carbocycles. The molecule has 2 rings (SSSR count). The molecule has 0 aromatic heterocycles. The predicted octanol–water partition coefficient (Wildman–Crippen LogP) is 2.94. The van der Waals surface area contributed by atoms with Crippen LogP contribution < -0.4 is 10.6 Å². The summed E-state index contributed by atoms with van der Waals surface area (Å²) in [6.07, 6.45) is 0. The van der Waals surface area contributed by atoms with E-state index in [-0.39, 0.29) is 11.9 Å². The van der Waals surface area contributed by atoms with E-state index in [0.717, 1.165) is 16.8 Å². The second-order valence-corrected chi connectivity index (χ2v) is 4.52. The number of anilines is 1. The normalized spacial score (nSPS) is 12.2. The summed E-state index contributed by atoms with van der Waals surface area (Å²) in [5.41, 5.74) is 9.01. The quantitative estimate of drug-likeness (QED) is 0.899. The Morgan fingerprint density at radius 3 is 2.22 bits per heavy atom. The topological polar surface area (TPSA) is 29.3 Å². The highest BCUT2D eigenvalue weighted by Gasteiger charge is 2.09. The van der Waals surface area contributed by atoms with Crippen LogP contribution in [0.3, 0.4) is 0 Å². The predicted molar refractivity (Wildman–Crippen MR) is 73.2 cm³/mol. The van der Waals surface area contributed by atoms with E-state index in [4.69, 9.17) is 5.73 Å². The van der Waals surface area contributed by atoms with Gasteiger partial charge in [-0.15, -0.1) is 0 Å². The van der Waals surface area contributed by atoms with Crippen LogP contribution in [0.15, 0.2) is 48.5 Å². The smallest absolute Gasteiger partial charge is 0.123 e. The van der Waals surface area contributed by atoms with Crippen LogP contribution in [0.1, 0.15) is 17.2 Å². The molecule has 94 valence electrons. The molecule has 0 aliphatic carbocycles. The Morgan fingerprint density at radius 1 is 1.00 bits per heavy atom. The number of hydrogen-bond donors (Lipinski definition) is 1. The summed E-state index contributed by atoms with van der Waals surface area (Å²) >= 11 is 0. The molecule has 18 heavy (non-hydrogen) atoms. The monoisotopic (exact) mass is 244 g/mol. The lowest BCUT2D eigenvalue weighted by atomic mass is 9.99. The molecule has 0 aliphatic rings. The van der Waals surface area contributed by atoms with Gasteiger partial charge in [0.05, 0.1) is 6.04 Å². The van der Waals surface area contributed by atoms with Gasteiger partial charge in [0.15, 0.2) is 0 Å². The van der Waals surface area contributed by atoms with Gasteiger partial charge in [0.2, 0.25) is 0 Å². The van der Waals surface area contributed by atoms with Crippen molar-refractivity contribution in [2.75, 3.05) is 19.0 Å². The summed E-state index contributed by atoms with van der Waals surface area (Å²) in [4.78, 5) is 2.03. The summed E-state index contributed by atoms with van der Waals surface area (Å²) in [7, 11) is 3.98.